The Kier molecular flexibility index (Phi) is 3.47. The second-order valence-corrected chi connectivity index (χ2v) is 5.95. The van der Waals surface area contributed by atoms with Crippen molar-refractivity contribution in [2.24, 2.45) is 0 Å². The van der Waals surface area contributed by atoms with Crippen LogP contribution in [0.4, 0.5) is 0 Å². The largest absolute Gasteiger partial charge is 0.458 e. The van der Waals surface area contributed by atoms with E-state index in [1.807, 2.05) is 23.6 Å². The number of hydrogen-bond donors (Lipinski definition) is 0. The molecule has 88 valence electrons. The Morgan fingerprint density at radius 1 is 1.50 bits per heavy atom. The minimum Gasteiger partial charge on any atom is -0.294 e. The molecule has 0 spiro atoms. The highest BCUT2D eigenvalue weighted by atomic mass is 32.1. The van der Waals surface area contributed by atoms with Gasteiger partial charge in [0, 0.05) is 14.2 Å². The molecule has 0 aromatic carbocycles. The van der Waals surface area contributed by atoms with Gasteiger partial charge in [0.2, 0.25) is 0 Å². The van der Waals surface area contributed by atoms with Gasteiger partial charge in [-0.15, -0.1) is 11.3 Å². The molecule has 0 aliphatic carbocycles. The number of nitrogens with zero attached hydrogens (tertiary/aromatic N) is 1. The minimum absolute atomic E-state index is 0.365. The number of hydrogen-bond acceptors (Lipinski definition) is 5. The lowest BCUT2D eigenvalue weighted by Gasteiger charge is -2.25. The lowest BCUT2D eigenvalue weighted by molar-refractivity contribution is -0.0324. The van der Waals surface area contributed by atoms with E-state index in [0.717, 1.165) is 10.6 Å². The quantitative estimate of drug-likeness (QED) is 0.780. The van der Waals surface area contributed by atoms with E-state index in [1.165, 1.54) is 30.4 Å². The first-order valence-electron chi connectivity index (χ1n) is 4.60. The topological polar surface area (TPSA) is 48.0 Å². The Hall–Kier alpha value is -0.650. The van der Waals surface area contributed by atoms with Crippen LogP contribution in [0.5, 0.6) is 0 Å². The van der Waals surface area contributed by atoms with E-state index in [1.54, 1.807) is 0 Å². The van der Waals surface area contributed by atoms with Crippen LogP contribution in [0.15, 0.2) is 23.6 Å². The molecule has 0 radical (unpaired) electrons. The molecule has 0 saturated carbocycles. The van der Waals surface area contributed by atoms with Crippen LogP contribution in [0.25, 0.3) is 5.70 Å². The lowest BCUT2D eigenvalue weighted by atomic mass is 10.3. The van der Waals surface area contributed by atoms with Gasteiger partial charge in [0.1, 0.15) is 0 Å². The monoisotopic (exact) mass is 261 g/mol. The molecule has 0 amide bonds. The summed E-state index contributed by atoms with van der Waals surface area (Å²) < 4.78 is 22.0. The lowest BCUT2D eigenvalue weighted by Crippen LogP contribution is -2.16. The van der Waals surface area contributed by atoms with Crippen LogP contribution in [0.1, 0.15) is 4.88 Å². The van der Waals surface area contributed by atoms with E-state index < -0.39 is 7.75 Å². The van der Waals surface area contributed by atoms with Crippen molar-refractivity contribution >= 4 is 24.8 Å². The molecule has 1 aliphatic rings. The molecule has 1 aromatic rings. The fourth-order valence-corrected chi connectivity index (χ4v) is 3.30. The zero-order valence-corrected chi connectivity index (χ0v) is 10.7. The third-order valence-corrected chi connectivity index (χ3v) is 4.73. The van der Waals surface area contributed by atoms with Gasteiger partial charge >= 0.3 is 7.75 Å². The van der Waals surface area contributed by atoms with Crippen LogP contribution in [0, 0.1) is 0 Å². The fourth-order valence-electron chi connectivity index (χ4n) is 1.38. The average Bonchev–Trinajstić information content (AvgIpc) is 2.97. The minimum atomic E-state index is -3.38. The molecule has 0 saturated heterocycles. The summed E-state index contributed by atoms with van der Waals surface area (Å²) >= 11 is 1.54. The standard InChI is InChI=1S/C9H12NO4PS/c1-12-15(11,13-2)10-8(5-6-14-10)9-4-3-7-16-9/h3-5,7H,6H2,1-2H3. The van der Waals surface area contributed by atoms with Crippen molar-refractivity contribution in [1.29, 1.82) is 0 Å². The fraction of sp³-hybridized carbons (Fsp3) is 0.333. The summed E-state index contributed by atoms with van der Waals surface area (Å²) in [6, 6.07) is 3.84. The zero-order valence-electron chi connectivity index (χ0n) is 8.95. The first-order chi connectivity index (χ1) is 7.71. The first kappa shape index (κ1) is 11.8. The Labute approximate surface area is 97.8 Å². The first-order valence-corrected chi connectivity index (χ1v) is 6.98. The van der Waals surface area contributed by atoms with Gasteiger partial charge in [-0.1, -0.05) is 6.07 Å². The maximum atomic E-state index is 12.2. The highest BCUT2D eigenvalue weighted by Crippen LogP contribution is 2.56. The SMILES string of the molecule is COP(=O)(OC)N1OCC=C1c1cccs1. The molecular formula is C9H12NO4PS. The van der Waals surface area contributed by atoms with Gasteiger partial charge in [-0.05, 0) is 17.5 Å². The van der Waals surface area contributed by atoms with Crippen molar-refractivity contribution in [2.75, 3.05) is 20.8 Å². The van der Waals surface area contributed by atoms with Gasteiger partial charge < -0.3 is 0 Å². The summed E-state index contributed by atoms with van der Waals surface area (Å²) in [5.41, 5.74) is 0.724. The predicted octanol–water partition coefficient (Wildman–Crippen LogP) is 2.74. The third kappa shape index (κ3) is 1.95. The molecule has 0 N–H and O–H groups in total. The van der Waals surface area contributed by atoms with Gasteiger partial charge in [0.05, 0.1) is 17.2 Å². The van der Waals surface area contributed by atoms with Crippen molar-refractivity contribution < 1.29 is 18.5 Å². The zero-order chi connectivity index (χ0) is 11.6. The Morgan fingerprint density at radius 2 is 2.25 bits per heavy atom. The molecule has 2 heterocycles. The summed E-state index contributed by atoms with van der Waals surface area (Å²) in [7, 11) is -0.714. The molecule has 5 nitrogen and oxygen atoms in total. The highest BCUT2D eigenvalue weighted by Gasteiger charge is 2.38. The Morgan fingerprint density at radius 3 is 2.81 bits per heavy atom. The molecule has 0 fully saturated rings. The van der Waals surface area contributed by atoms with Crippen molar-refractivity contribution in [3.63, 3.8) is 0 Å². The van der Waals surface area contributed by atoms with Crippen molar-refractivity contribution in [1.82, 2.24) is 4.83 Å². The number of rotatable bonds is 4. The predicted molar refractivity (Wildman–Crippen MR) is 61.7 cm³/mol. The van der Waals surface area contributed by atoms with Crippen molar-refractivity contribution in [3.05, 3.63) is 28.5 Å². The molecule has 0 atom stereocenters. The van der Waals surface area contributed by atoms with Crippen molar-refractivity contribution in [3.8, 4) is 0 Å². The van der Waals surface area contributed by atoms with Crippen LogP contribution in [-0.4, -0.2) is 25.7 Å². The molecule has 1 aliphatic heterocycles. The maximum absolute atomic E-state index is 12.2. The smallest absolute Gasteiger partial charge is 0.294 e. The van der Waals surface area contributed by atoms with Crippen LogP contribution >= 0.6 is 19.1 Å². The third-order valence-electron chi connectivity index (χ3n) is 2.14. The van der Waals surface area contributed by atoms with Gasteiger partial charge in [-0.2, -0.15) is 4.83 Å². The highest BCUT2D eigenvalue weighted by molar-refractivity contribution is 7.51. The van der Waals surface area contributed by atoms with Crippen LogP contribution < -0.4 is 0 Å². The van der Waals surface area contributed by atoms with Crippen LogP contribution in [-0.2, 0) is 18.5 Å². The molecule has 2 rings (SSSR count). The summed E-state index contributed by atoms with van der Waals surface area (Å²) in [5.74, 6) is 0. The summed E-state index contributed by atoms with van der Waals surface area (Å²) in [6.45, 7) is 0.365. The average molecular weight is 261 g/mol. The van der Waals surface area contributed by atoms with E-state index in [0.29, 0.717) is 6.61 Å². The normalized spacial score (nSPS) is 16.6. The molecule has 0 unspecified atom stereocenters. The maximum Gasteiger partial charge on any atom is 0.458 e. The van der Waals surface area contributed by atoms with Gasteiger partial charge in [0.15, 0.2) is 0 Å². The van der Waals surface area contributed by atoms with E-state index in [4.69, 9.17) is 13.9 Å². The van der Waals surface area contributed by atoms with Crippen LogP contribution in [0.3, 0.4) is 0 Å². The van der Waals surface area contributed by atoms with Gasteiger partial charge in [0.25, 0.3) is 0 Å². The van der Waals surface area contributed by atoms with E-state index in [9.17, 15) is 4.57 Å². The summed E-state index contributed by atoms with van der Waals surface area (Å²) in [5, 5.41) is 1.94. The molecule has 16 heavy (non-hydrogen) atoms. The molecule has 1 aromatic heterocycles. The van der Waals surface area contributed by atoms with E-state index in [2.05, 4.69) is 0 Å². The van der Waals surface area contributed by atoms with E-state index in [-0.39, 0.29) is 0 Å². The second kappa shape index (κ2) is 4.69. The van der Waals surface area contributed by atoms with E-state index >= 15 is 0 Å². The molecular weight excluding hydrogens is 249 g/mol. The number of hydroxylamine groups is 1. The molecule has 0 bridgehead atoms. The van der Waals surface area contributed by atoms with Gasteiger partial charge in [-0.25, -0.2) is 4.57 Å². The Bertz CT molecular complexity index is 423. The summed E-state index contributed by atoms with van der Waals surface area (Å²) in [6.07, 6.45) is 1.84. The van der Waals surface area contributed by atoms with Crippen molar-refractivity contribution in [2.45, 2.75) is 0 Å². The number of thiophene rings is 1. The Balaban J connectivity index is 2.31. The second-order valence-electron chi connectivity index (χ2n) is 2.97. The van der Waals surface area contributed by atoms with Gasteiger partial charge in [-0.3, -0.25) is 13.9 Å². The van der Waals surface area contributed by atoms with Crippen LogP contribution in [0.2, 0.25) is 0 Å². The summed E-state index contributed by atoms with van der Waals surface area (Å²) in [4.78, 5) is 7.46. The molecule has 7 heteroatoms.